The Bertz CT molecular complexity index is 1180. The molecule has 0 heterocycles. The largest absolute Gasteiger partial charge is 0.489 e. The molecular formula is C34H40O3. The number of aryl methyl sites for hydroxylation is 1. The topological polar surface area (TPSA) is 38.7 Å². The van der Waals surface area contributed by atoms with E-state index >= 15 is 0 Å². The number of ether oxygens (including phenoxy) is 2. The zero-order chi connectivity index (χ0) is 25.2. The first-order chi connectivity index (χ1) is 18.2. The predicted octanol–water partition coefficient (Wildman–Crippen LogP) is 7.32. The maximum absolute atomic E-state index is 10.1. The molecule has 0 aliphatic heterocycles. The number of aliphatic hydroxyl groups excluding tert-OH is 1. The van der Waals surface area contributed by atoms with Gasteiger partial charge in [0.15, 0.2) is 0 Å². The summed E-state index contributed by atoms with van der Waals surface area (Å²) in [5, 5.41) is 10.1. The Kier molecular flexibility index (Phi) is 7.10. The first-order valence-corrected chi connectivity index (χ1v) is 14.2. The fourth-order valence-corrected chi connectivity index (χ4v) is 8.14. The molecule has 3 aromatic carbocycles. The van der Waals surface area contributed by atoms with Crippen LogP contribution in [0.1, 0.15) is 67.2 Å². The molecule has 0 amide bonds. The van der Waals surface area contributed by atoms with Crippen LogP contribution >= 0.6 is 0 Å². The van der Waals surface area contributed by atoms with Gasteiger partial charge < -0.3 is 14.6 Å². The minimum Gasteiger partial charge on any atom is -0.489 e. The molecule has 37 heavy (non-hydrogen) atoms. The van der Waals surface area contributed by atoms with Crippen LogP contribution in [0.2, 0.25) is 0 Å². The van der Waals surface area contributed by atoms with Crippen molar-refractivity contribution in [1.82, 2.24) is 0 Å². The van der Waals surface area contributed by atoms with E-state index in [2.05, 4.69) is 79.7 Å². The lowest BCUT2D eigenvalue weighted by Crippen LogP contribution is -2.48. The number of rotatable bonds is 8. The summed E-state index contributed by atoms with van der Waals surface area (Å²) >= 11 is 0. The lowest BCUT2D eigenvalue weighted by Gasteiger charge is -2.54. The fraction of sp³-hybridized carbons (Fsp3) is 0.471. The molecule has 2 saturated carbocycles. The Balaban J connectivity index is 1.21. The molecule has 3 aliphatic rings. The molecule has 3 nitrogen and oxygen atoms in total. The van der Waals surface area contributed by atoms with Gasteiger partial charge in [-0.15, -0.1) is 0 Å². The lowest BCUT2D eigenvalue weighted by atomic mass is 9.51. The predicted molar refractivity (Wildman–Crippen MR) is 147 cm³/mol. The number of fused-ring (bicyclic) bond motifs is 5. The van der Waals surface area contributed by atoms with Crippen LogP contribution in [0.25, 0.3) is 0 Å². The Morgan fingerprint density at radius 2 is 1.59 bits per heavy atom. The van der Waals surface area contributed by atoms with Crippen LogP contribution in [0.15, 0.2) is 78.9 Å². The highest BCUT2D eigenvalue weighted by Gasteiger charge is 2.58. The number of aliphatic hydroxyl groups is 1. The molecular weight excluding hydrogens is 456 g/mol. The van der Waals surface area contributed by atoms with Gasteiger partial charge in [-0.2, -0.15) is 0 Å². The van der Waals surface area contributed by atoms with Gasteiger partial charge >= 0.3 is 0 Å². The molecule has 194 valence electrons. The summed E-state index contributed by atoms with van der Waals surface area (Å²) in [6.07, 6.45) is 7.08. The first-order valence-electron chi connectivity index (χ1n) is 14.2. The summed E-state index contributed by atoms with van der Waals surface area (Å²) in [5.41, 5.74) is 5.60. The van der Waals surface area contributed by atoms with E-state index in [1.165, 1.54) is 35.1 Å². The second-order valence-electron chi connectivity index (χ2n) is 11.8. The van der Waals surface area contributed by atoms with Gasteiger partial charge in [0.1, 0.15) is 12.4 Å². The van der Waals surface area contributed by atoms with Crippen molar-refractivity contribution >= 4 is 0 Å². The second-order valence-corrected chi connectivity index (χ2v) is 11.8. The quantitative estimate of drug-likeness (QED) is 0.355. The van der Waals surface area contributed by atoms with Gasteiger partial charge in [0, 0.05) is 6.61 Å². The van der Waals surface area contributed by atoms with E-state index in [1.807, 2.05) is 6.07 Å². The van der Waals surface area contributed by atoms with E-state index < -0.39 is 0 Å². The van der Waals surface area contributed by atoms with Crippen molar-refractivity contribution in [3.05, 3.63) is 101 Å². The van der Waals surface area contributed by atoms with Gasteiger partial charge in [0.2, 0.25) is 0 Å². The molecule has 0 radical (unpaired) electrons. The molecule has 0 bridgehead atoms. The Morgan fingerprint density at radius 1 is 0.865 bits per heavy atom. The van der Waals surface area contributed by atoms with Crippen LogP contribution in [-0.2, 0) is 24.4 Å². The molecule has 3 heteroatoms. The van der Waals surface area contributed by atoms with Crippen molar-refractivity contribution in [3.8, 4) is 5.75 Å². The SMILES string of the molecule is C[C@]12CC(CCO)[C@@H]3c4ccc(OCc5ccccc5)cc4CC[C@H]3[C@@H]1CCC2OCc1ccccc1. The van der Waals surface area contributed by atoms with Gasteiger partial charge in [-0.3, -0.25) is 0 Å². The van der Waals surface area contributed by atoms with E-state index in [0.29, 0.717) is 43.0 Å². The van der Waals surface area contributed by atoms with Crippen LogP contribution in [0.5, 0.6) is 5.75 Å². The van der Waals surface area contributed by atoms with Crippen molar-refractivity contribution in [2.75, 3.05) is 6.61 Å². The number of benzene rings is 3. The third kappa shape index (κ3) is 4.84. The van der Waals surface area contributed by atoms with Gasteiger partial charge in [-0.1, -0.05) is 73.7 Å². The molecule has 0 aromatic heterocycles. The van der Waals surface area contributed by atoms with E-state index in [1.54, 1.807) is 0 Å². The summed E-state index contributed by atoms with van der Waals surface area (Å²) in [7, 11) is 0. The van der Waals surface area contributed by atoms with Gasteiger partial charge in [-0.05, 0) is 102 Å². The summed E-state index contributed by atoms with van der Waals surface area (Å²) in [4.78, 5) is 0. The molecule has 0 spiro atoms. The average molecular weight is 497 g/mol. The van der Waals surface area contributed by atoms with E-state index in [4.69, 9.17) is 9.47 Å². The number of hydrogen-bond donors (Lipinski definition) is 1. The monoisotopic (exact) mass is 496 g/mol. The summed E-state index contributed by atoms with van der Waals surface area (Å²) in [6, 6.07) is 27.8. The number of hydrogen-bond acceptors (Lipinski definition) is 3. The minimum absolute atomic E-state index is 0.187. The molecule has 6 rings (SSSR count). The van der Waals surface area contributed by atoms with E-state index in [-0.39, 0.29) is 12.0 Å². The zero-order valence-corrected chi connectivity index (χ0v) is 22.0. The standard InChI is InChI=1S/C34H40O3/c1-34-21-27(18-19-35)33-29-15-13-28(36-22-24-8-4-2-5-9-24)20-26(29)12-14-30(33)31(34)16-17-32(34)37-23-25-10-6-3-7-11-25/h2-11,13,15,20,27,30-33,35H,12,14,16-19,21-23H2,1H3/t27?,30-,31-,32?,33+,34-/m0/s1. The zero-order valence-electron chi connectivity index (χ0n) is 22.0. The highest BCUT2D eigenvalue weighted by Crippen LogP contribution is 2.64. The van der Waals surface area contributed by atoms with Crippen LogP contribution in [-0.4, -0.2) is 17.8 Å². The molecule has 0 saturated heterocycles. The first kappa shape index (κ1) is 24.7. The highest BCUT2D eigenvalue weighted by atomic mass is 16.5. The van der Waals surface area contributed by atoms with Crippen LogP contribution in [0.3, 0.4) is 0 Å². The second kappa shape index (κ2) is 10.6. The third-order valence-corrected chi connectivity index (χ3v) is 9.77. The van der Waals surface area contributed by atoms with Crippen molar-refractivity contribution in [1.29, 1.82) is 0 Å². The maximum Gasteiger partial charge on any atom is 0.120 e. The van der Waals surface area contributed by atoms with Gasteiger partial charge in [0.05, 0.1) is 12.7 Å². The average Bonchev–Trinajstić information content (AvgIpc) is 3.27. The molecule has 3 aromatic rings. The van der Waals surface area contributed by atoms with E-state index in [9.17, 15) is 5.11 Å². The normalized spacial score (nSPS) is 30.3. The summed E-state index contributed by atoms with van der Waals surface area (Å²) < 4.78 is 12.8. The maximum atomic E-state index is 10.1. The molecule has 1 N–H and O–H groups in total. The highest BCUT2D eigenvalue weighted by molar-refractivity contribution is 5.41. The molecule has 6 atom stereocenters. The van der Waals surface area contributed by atoms with Crippen molar-refractivity contribution < 1.29 is 14.6 Å². The molecule has 2 fully saturated rings. The third-order valence-electron chi connectivity index (χ3n) is 9.77. The summed E-state index contributed by atoms with van der Waals surface area (Å²) in [5.74, 6) is 3.35. The van der Waals surface area contributed by atoms with E-state index in [0.717, 1.165) is 31.4 Å². The van der Waals surface area contributed by atoms with Crippen molar-refractivity contribution in [3.63, 3.8) is 0 Å². The smallest absolute Gasteiger partial charge is 0.120 e. The minimum atomic E-state index is 0.187. The van der Waals surface area contributed by atoms with Gasteiger partial charge in [0.25, 0.3) is 0 Å². The Labute approximate surface area is 221 Å². The Hall–Kier alpha value is -2.62. The van der Waals surface area contributed by atoms with Crippen LogP contribution in [0.4, 0.5) is 0 Å². The summed E-state index contributed by atoms with van der Waals surface area (Å²) in [6.45, 7) is 4.06. The van der Waals surface area contributed by atoms with Crippen molar-refractivity contribution in [2.45, 2.75) is 70.7 Å². The Morgan fingerprint density at radius 3 is 2.32 bits per heavy atom. The lowest BCUT2D eigenvalue weighted by molar-refractivity contribution is -0.0889. The van der Waals surface area contributed by atoms with Crippen molar-refractivity contribution in [2.24, 2.45) is 23.2 Å². The molecule has 2 unspecified atom stereocenters. The van der Waals surface area contributed by atoms with Gasteiger partial charge in [-0.25, -0.2) is 0 Å². The van der Waals surface area contributed by atoms with Crippen LogP contribution < -0.4 is 4.74 Å². The van der Waals surface area contributed by atoms with Crippen LogP contribution in [0, 0.1) is 23.2 Å². The molecule has 3 aliphatic carbocycles. The fourth-order valence-electron chi connectivity index (χ4n) is 8.14.